The Balaban J connectivity index is 2.23. The molecule has 2 heterocycles. The van der Waals surface area contributed by atoms with Crippen LogP contribution in [-0.4, -0.2) is 32.3 Å². The maximum Gasteiger partial charge on any atom is 0.133 e. The second-order valence-corrected chi connectivity index (χ2v) is 4.77. The summed E-state index contributed by atoms with van der Waals surface area (Å²) in [6, 6.07) is 5.94. The first-order chi connectivity index (χ1) is 10.1. The number of nitrogen functional groups attached to an aromatic ring is 1. The number of anilines is 1. The second kappa shape index (κ2) is 4.93. The highest BCUT2D eigenvalue weighted by Crippen LogP contribution is 2.36. The fourth-order valence-electron chi connectivity index (χ4n) is 2.29. The summed E-state index contributed by atoms with van der Waals surface area (Å²) in [5, 5.41) is 14.9. The molecule has 0 saturated carbocycles. The number of methoxy groups -OCH3 is 1. The van der Waals surface area contributed by atoms with E-state index in [0.29, 0.717) is 17.2 Å². The Bertz CT molecular complexity index is 775. The van der Waals surface area contributed by atoms with E-state index in [0.717, 1.165) is 22.4 Å². The summed E-state index contributed by atoms with van der Waals surface area (Å²) in [7, 11) is 3.45. The Kier molecular flexibility index (Phi) is 3.09. The summed E-state index contributed by atoms with van der Waals surface area (Å²) < 4.78 is 7.01. The number of rotatable bonds is 3. The lowest BCUT2D eigenvalue weighted by molar-refractivity contribution is 0.412. The molecule has 108 valence electrons. The monoisotopic (exact) mass is 284 g/mol. The molecule has 7 nitrogen and oxygen atoms in total. The summed E-state index contributed by atoms with van der Waals surface area (Å²) in [5.74, 6) is 1.38. The number of hydrogen-bond acceptors (Lipinski definition) is 5. The van der Waals surface area contributed by atoms with Gasteiger partial charge in [-0.1, -0.05) is 12.1 Å². The third-order valence-electron chi connectivity index (χ3n) is 3.45. The summed E-state index contributed by atoms with van der Waals surface area (Å²) in [4.78, 5) is 0. The molecule has 0 aliphatic heterocycles. The van der Waals surface area contributed by atoms with Gasteiger partial charge < -0.3 is 10.5 Å². The van der Waals surface area contributed by atoms with Gasteiger partial charge >= 0.3 is 0 Å². The first kappa shape index (κ1) is 13.2. The summed E-state index contributed by atoms with van der Waals surface area (Å²) in [5.41, 5.74) is 10.3. The van der Waals surface area contributed by atoms with Gasteiger partial charge in [-0.25, -0.2) is 0 Å². The van der Waals surface area contributed by atoms with Gasteiger partial charge in [-0.3, -0.25) is 4.68 Å². The summed E-state index contributed by atoms with van der Waals surface area (Å²) in [6.07, 6.45) is 1.62. The van der Waals surface area contributed by atoms with E-state index in [9.17, 15) is 0 Å². The van der Waals surface area contributed by atoms with Gasteiger partial charge in [-0.15, -0.1) is 0 Å². The zero-order valence-corrected chi connectivity index (χ0v) is 12.1. The molecule has 2 aromatic heterocycles. The highest BCUT2D eigenvalue weighted by Gasteiger charge is 2.19. The lowest BCUT2D eigenvalue weighted by Crippen LogP contribution is -1.98. The summed E-state index contributed by atoms with van der Waals surface area (Å²) in [6.45, 7) is 1.99. The van der Waals surface area contributed by atoms with Crippen molar-refractivity contribution in [2.75, 3.05) is 12.8 Å². The lowest BCUT2D eigenvalue weighted by atomic mass is 10.0. The minimum atomic E-state index is 0.568. The number of H-pyrrole nitrogens is 1. The van der Waals surface area contributed by atoms with Crippen molar-refractivity contribution in [2.45, 2.75) is 6.92 Å². The predicted octanol–water partition coefficient (Wildman–Crippen LogP) is 1.77. The SMILES string of the molecule is COc1cc(-c2c(-c3cn[nH]n3)nn(C)c2N)ccc1C. The van der Waals surface area contributed by atoms with Crippen molar-refractivity contribution in [1.29, 1.82) is 0 Å². The van der Waals surface area contributed by atoms with Crippen LogP contribution in [0.2, 0.25) is 0 Å². The molecule has 21 heavy (non-hydrogen) atoms. The van der Waals surface area contributed by atoms with Crippen LogP contribution in [0.4, 0.5) is 5.82 Å². The molecule has 0 radical (unpaired) electrons. The van der Waals surface area contributed by atoms with Gasteiger partial charge in [0.15, 0.2) is 0 Å². The molecule has 0 unspecified atom stereocenters. The molecule has 3 aromatic rings. The maximum absolute atomic E-state index is 6.17. The topological polar surface area (TPSA) is 94.6 Å². The molecule has 0 bridgehead atoms. The standard InChI is InChI=1S/C14H16N6O/c1-8-4-5-9(6-11(8)21-3)12-13(10-7-16-19-17-10)18-20(2)14(12)15/h4-7H,15H2,1-3H3,(H,16,17,19). The van der Waals surface area contributed by atoms with Crippen LogP contribution in [0.15, 0.2) is 24.4 Å². The molecule has 3 N–H and O–H groups in total. The second-order valence-electron chi connectivity index (χ2n) is 4.77. The van der Waals surface area contributed by atoms with Gasteiger partial charge in [0.25, 0.3) is 0 Å². The molecular weight excluding hydrogens is 268 g/mol. The summed E-state index contributed by atoms with van der Waals surface area (Å²) >= 11 is 0. The van der Waals surface area contributed by atoms with E-state index < -0.39 is 0 Å². The third kappa shape index (κ3) is 2.12. The van der Waals surface area contributed by atoms with Crippen molar-refractivity contribution in [2.24, 2.45) is 7.05 Å². The highest BCUT2D eigenvalue weighted by atomic mass is 16.5. The van der Waals surface area contributed by atoms with Crippen molar-refractivity contribution >= 4 is 5.82 Å². The molecule has 0 saturated heterocycles. The van der Waals surface area contributed by atoms with Gasteiger partial charge in [0, 0.05) is 7.05 Å². The van der Waals surface area contributed by atoms with Gasteiger partial charge in [-0.2, -0.15) is 20.5 Å². The fraction of sp³-hybridized carbons (Fsp3) is 0.214. The number of aromatic amines is 1. The van der Waals surface area contributed by atoms with Crippen molar-refractivity contribution in [1.82, 2.24) is 25.2 Å². The number of aryl methyl sites for hydroxylation is 2. The van der Waals surface area contributed by atoms with Crippen molar-refractivity contribution in [3.05, 3.63) is 30.0 Å². The van der Waals surface area contributed by atoms with E-state index >= 15 is 0 Å². The van der Waals surface area contributed by atoms with Gasteiger partial charge in [0.2, 0.25) is 0 Å². The minimum absolute atomic E-state index is 0.568. The minimum Gasteiger partial charge on any atom is -0.496 e. The van der Waals surface area contributed by atoms with Gasteiger partial charge in [0.05, 0.1) is 18.9 Å². The zero-order valence-electron chi connectivity index (χ0n) is 12.1. The van der Waals surface area contributed by atoms with Crippen LogP contribution in [0.5, 0.6) is 5.75 Å². The van der Waals surface area contributed by atoms with Gasteiger partial charge in [-0.05, 0) is 24.1 Å². The smallest absolute Gasteiger partial charge is 0.133 e. The first-order valence-corrected chi connectivity index (χ1v) is 6.45. The highest BCUT2D eigenvalue weighted by molar-refractivity contribution is 5.87. The van der Waals surface area contributed by atoms with Crippen LogP contribution in [0, 0.1) is 6.92 Å². The van der Waals surface area contributed by atoms with Crippen LogP contribution in [0.25, 0.3) is 22.5 Å². The van der Waals surface area contributed by atoms with Crippen LogP contribution in [0.3, 0.4) is 0 Å². The van der Waals surface area contributed by atoms with E-state index in [1.807, 2.05) is 25.1 Å². The number of nitrogens with two attached hydrogens (primary N) is 1. The maximum atomic E-state index is 6.17. The van der Waals surface area contributed by atoms with Gasteiger partial charge in [0.1, 0.15) is 23.0 Å². The molecule has 3 rings (SSSR count). The molecule has 1 aromatic carbocycles. The van der Waals surface area contributed by atoms with Crippen LogP contribution in [0.1, 0.15) is 5.56 Å². The number of nitrogens with one attached hydrogen (secondary N) is 1. The molecule has 0 aliphatic rings. The third-order valence-corrected chi connectivity index (χ3v) is 3.45. The fourth-order valence-corrected chi connectivity index (χ4v) is 2.29. The van der Waals surface area contributed by atoms with E-state index in [-0.39, 0.29) is 0 Å². The zero-order chi connectivity index (χ0) is 15.0. The molecule has 7 heteroatoms. The average molecular weight is 284 g/mol. The predicted molar refractivity (Wildman–Crippen MR) is 79.7 cm³/mol. The first-order valence-electron chi connectivity index (χ1n) is 6.45. The largest absolute Gasteiger partial charge is 0.496 e. The van der Waals surface area contributed by atoms with E-state index in [4.69, 9.17) is 10.5 Å². The number of hydrogen-bond donors (Lipinski definition) is 2. The van der Waals surface area contributed by atoms with E-state index in [1.165, 1.54) is 0 Å². The molecule has 0 fully saturated rings. The molecule has 0 amide bonds. The number of aromatic nitrogens is 5. The molecule has 0 spiro atoms. The Labute approximate surface area is 121 Å². The lowest BCUT2D eigenvalue weighted by Gasteiger charge is -2.08. The Hall–Kier alpha value is -2.83. The van der Waals surface area contributed by atoms with Crippen molar-refractivity contribution < 1.29 is 4.74 Å². The van der Waals surface area contributed by atoms with Crippen LogP contribution in [-0.2, 0) is 7.05 Å². The van der Waals surface area contributed by atoms with E-state index in [2.05, 4.69) is 20.5 Å². The van der Waals surface area contributed by atoms with Crippen molar-refractivity contribution in [3.63, 3.8) is 0 Å². The Morgan fingerprint density at radius 3 is 2.81 bits per heavy atom. The van der Waals surface area contributed by atoms with Crippen LogP contribution < -0.4 is 10.5 Å². The number of benzene rings is 1. The number of nitrogens with zero attached hydrogens (tertiary/aromatic N) is 4. The normalized spacial score (nSPS) is 10.8. The molecular formula is C14H16N6O. The number of ether oxygens (including phenoxy) is 1. The average Bonchev–Trinajstić information content (AvgIpc) is 3.09. The quantitative estimate of drug-likeness (QED) is 0.764. The Morgan fingerprint density at radius 1 is 1.33 bits per heavy atom. The van der Waals surface area contributed by atoms with E-state index in [1.54, 1.807) is 25.0 Å². The van der Waals surface area contributed by atoms with Crippen LogP contribution >= 0.6 is 0 Å². The molecule has 0 atom stereocenters. The molecule has 0 aliphatic carbocycles. The Morgan fingerprint density at radius 2 is 2.14 bits per heavy atom. The van der Waals surface area contributed by atoms with Crippen molar-refractivity contribution in [3.8, 4) is 28.3 Å².